The van der Waals surface area contributed by atoms with Crippen LogP contribution < -0.4 is 0 Å². The Balaban J connectivity index is -0.000000109. The molecule has 0 aromatic carbocycles. The Hall–Kier alpha value is -2.83. The average molecular weight is 909 g/mol. The Morgan fingerprint density at radius 3 is 0.965 bits per heavy atom. The number of methoxy groups -OCH3 is 4. The van der Waals surface area contributed by atoms with Gasteiger partial charge >= 0.3 is 26.1 Å². The van der Waals surface area contributed by atoms with E-state index in [1.807, 2.05) is 69.2 Å². The summed E-state index contributed by atoms with van der Waals surface area (Å²) in [6, 6.07) is 0. The molecule has 0 aromatic rings. The summed E-state index contributed by atoms with van der Waals surface area (Å²) in [5.74, 6) is 1.14. The zero-order chi connectivity index (χ0) is 45.5. The number of thioether (sulfide) groups is 1. The molecule has 16 heteroatoms. The molecule has 0 heterocycles. The van der Waals surface area contributed by atoms with Gasteiger partial charge in [0, 0.05) is 41.5 Å². The standard InChI is InChI=1S/C12H21NO3S.4C6H11NO.C5H9NO.Tc/c1-12(2,10-13-3)16-7-5-9-17-8-4-6-11(14)15;4*1-6(2,8-4)5-7-3;1-5(2,7)4-6-3;/h4-10H2,1-2H3,(H,14,15);4*5H2,1-2,4H3;7H,4H2,1-2H3;/q;;;;;;+6. The largest absolute Gasteiger partial charge is 6.00 e. The molecule has 1 radical (unpaired) electrons. The Morgan fingerprint density at radius 2 is 0.772 bits per heavy atom. The third-order valence-corrected chi connectivity index (χ3v) is 7.74. The number of nitrogens with zero attached hydrogens (tertiary/aromatic N) is 6. The van der Waals surface area contributed by atoms with Crippen molar-refractivity contribution in [2.75, 3.05) is 85.8 Å². The normalized spacial score (nSPS) is 10.6. The number of carboxylic acids is 1. The van der Waals surface area contributed by atoms with Crippen LogP contribution in [0.2, 0.25) is 0 Å². The van der Waals surface area contributed by atoms with Gasteiger partial charge in [-0.05, 0) is 107 Å². The van der Waals surface area contributed by atoms with Crippen LogP contribution in [0.4, 0.5) is 0 Å². The van der Waals surface area contributed by atoms with E-state index in [-0.39, 0.29) is 61.1 Å². The maximum atomic E-state index is 10.3. The minimum Gasteiger partial charge on any atom is -0.481 e. The van der Waals surface area contributed by atoms with Crippen molar-refractivity contribution >= 4 is 17.7 Å². The van der Waals surface area contributed by atoms with Gasteiger partial charge in [0.25, 0.3) is 0 Å². The molecule has 0 spiro atoms. The van der Waals surface area contributed by atoms with E-state index in [0.29, 0.717) is 39.3 Å². The summed E-state index contributed by atoms with van der Waals surface area (Å²) in [6.07, 6.45) is 1.92. The quantitative estimate of drug-likeness (QED) is 0.0967. The van der Waals surface area contributed by atoms with Gasteiger partial charge < -0.3 is 63.0 Å². The van der Waals surface area contributed by atoms with Crippen LogP contribution in [0.5, 0.6) is 0 Å². The van der Waals surface area contributed by atoms with E-state index in [1.165, 1.54) is 0 Å². The number of aliphatic hydroxyl groups is 1. The van der Waals surface area contributed by atoms with E-state index < -0.39 is 11.6 Å². The molecular weight excluding hydrogens is 835 g/mol. The zero-order valence-electron chi connectivity index (χ0n) is 37.8. The van der Waals surface area contributed by atoms with E-state index in [4.69, 9.17) is 73.3 Å². The predicted octanol–water partition coefficient (Wildman–Crippen LogP) is 8.69. The minimum absolute atomic E-state index is 0. The van der Waals surface area contributed by atoms with Gasteiger partial charge in [-0.15, -0.1) is 0 Å². The second kappa shape index (κ2) is 40.0. The van der Waals surface area contributed by atoms with Gasteiger partial charge in [0.05, 0.1) is 0 Å². The maximum Gasteiger partial charge on any atom is 6.00 e. The molecule has 0 bridgehead atoms. The first-order valence-electron chi connectivity index (χ1n) is 17.9. The number of aliphatic carboxylic acids is 1. The fourth-order valence-electron chi connectivity index (χ4n) is 2.39. The van der Waals surface area contributed by atoms with Crippen LogP contribution in [-0.2, 0) is 48.6 Å². The molecule has 0 rings (SSSR count). The van der Waals surface area contributed by atoms with Crippen molar-refractivity contribution in [3.05, 3.63) is 68.5 Å². The van der Waals surface area contributed by atoms with Gasteiger partial charge in [-0.25, -0.2) is 39.4 Å². The number of hydrogen-bond donors (Lipinski definition) is 2. The van der Waals surface area contributed by atoms with Crippen molar-refractivity contribution in [1.29, 1.82) is 0 Å². The Kier molecular flexibility index (Phi) is 48.3. The van der Waals surface area contributed by atoms with Crippen molar-refractivity contribution in [1.82, 2.24) is 0 Å². The number of ether oxygens (including phenoxy) is 5. The first-order chi connectivity index (χ1) is 25.5. The molecule has 0 unspecified atom stereocenters. The smallest absolute Gasteiger partial charge is 0.481 e. The molecule has 0 fully saturated rings. The Morgan fingerprint density at radius 1 is 0.509 bits per heavy atom. The van der Waals surface area contributed by atoms with Crippen LogP contribution in [-0.4, -0.2) is 136 Å². The van der Waals surface area contributed by atoms with Crippen LogP contribution in [0, 0.1) is 39.4 Å². The summed E-state index contributed by atoms with van der Waals surface area (Å²) in [7, 11) is 6.46. The second-order valence-electron chi connectivity index (χ2n) is 15.6. The van der Waals surface area contributed by atoms with Crippen LogP contribution >= 0.6 is 11.8 Å². The molecule has 0 saturated carbocycles. The summed E-state index contributed by atoms with van der Waals surface area (Å²) >= 11 is 1.76. The van der Waals surface area contributed by atoms with E-state index in [9.17, 15) is 4.79 Å². The molecule has 0 aromatic heterocycles. The molecule has 323 valence electrons. The molecule has 14 nitrogen and oxygen atoms in total. The van der Waals surface area contributed by atoms with E-state index >= 15 is 0 Å². The van der Waals surface area contributed by atoms with Gasteiger partial charge in [-0.3, -0.25) is 4.79 Å². The van der Waals surface area contributed by atoms with Gasteiger partial charge in [0.15, 0.2) is 0 Å². The maximum absolute atomic E-state index is 10.3. The minimum atomic E-state index is -0.804. The van der Waals surface area contributed by atoms with Crippen LogP contribution in [0.3, 0.4) is 0 Å². The fraction of sp³-hybridized carbons (Fsp3) is 0.829. The second-order valence-corrected chi connectivity index (χ2v) is 16.9. The third-order valence-electron chi connectivity index (χ3n) is 6.58. The third kappa shape index (κ3) is 68.2. The number of rotatable bonds is 19. The summed E-state index contributed by atoms with van der Waals surface area (Å²) in [6.45, 7) is 64.3. The summed E-state index contributed by atoms with van der Waals surface area (Å²) < 4.78 is 25.5. The molecule has 0 aliphatic heterocycles. The first kappa shape index (κ1) is 68.8. The van der Waals surface area contributed by atoms with E-state index in [2.05, 4.69) is 29.1 Å². The van der Waals surface area contributed by atoms with Crippen molar-refractivity contribution in [3.8, 4) is 0 Å². The van der Waals surface area contributed by atoms with E-state index in [1.54, 1.807) is 54.0 Å². The SMILES string of the molecule is [C-]#[N+]CC(C)(C)O.[C-]#[N+]CC(C)(C)OC.[C-]#[N+]CC(C)(C)OC.[C-]#[N+]CC(C)(C)OC.[C-]#[N+]CC(C)(C)OC.[C-]#[N+]CC(C)(C)OCCCSCCCC(=O)O.[Tc+6]. The summed E-state index contributed by atoms with van der Waals surface area (Å²) in [5, 5.41) is 17.2. The zero-order valence-corrected chi connectivity index (χ0v) is 40.5. The topological polar surface area (TPSA) is 130 Å². The van der Waals surface area contributed by atoms with Crippen LogP contribution in [0.25, 0.3) is 29.1 Å². The molecule has 0 saturated heterocycles. The van der Waals surface area contributed by atoms with Crippen molar-refractivity contribution < 1.29 is 58.8 Å². The average Bonchev–Trinajstić information content (AvgIpc) is 3.07. The molecule has 57 heavy (non-hydrogen) atoms. The molecule has 0 aliphatic rings. The number of carboxylic acid groups (broad SMARTS) is 1. The summed E-state index contributed by atoms with van der Waals surface area (Å²) in [4.78, 5) is 29.4. The van der Waals surface area contributed by atoms with Gasteiger partial charge in [0.1, 0.15) is 33.6 Å². The van der Waals surface area contributed by atoms with Gasteiger partial charge in [-0.2, -0.15) is 11.8 Å². The van der Waals surface area contributed by atoms with Gasteiger partial charge in [0.2, 0.25) is 39.3 Å². The van der Waals surface area contributed by atoms with Crippen molar-refractivity contribution in [2.45, 2.75) is 136 Å². The van der Waals surface area contributed by atoms with E-state index in [0.717, 1.165) is 24.3 Å². The predicted molar refractivity (Wildman–Crippen MR) is 228 cm³/mol. The molecule has 0 atom stereocenters. The molecular formula is C41H74N6O8STc+6. The van der Waals surface area contributed by atoms with Crippen molar-refractivity contribution in [2.24, 2.45) is 0 Å². The van der Waals surface area contributed by atoms with Gasteiger partial charge in [-0.1, -0.05) is 0 Å². The monoisotopic (exact) mass is 907 g/mol. The number of hydrogen-bond acceptors (Lipinski definition) is 8. The fourth-order valence-corrected chi connectivity index (χ4v) is 3.26. The Labute approximate surface area is 365 Å². The van der Waals surface area contributed by atoms with Crippen LogP contribution in [0.1, 0.15) is 102 Å². The molecule has 2 N–H and O–H groups in total. The summed E-state index contributed by atoms with van der Waals surface area (Å²) in [5.41, 5.74) is -2.20. The first-order valence-corrected chi connectivity index (χ1v) is 19.0. The number of carbonyl (C=O) groups is 1. The molecule has 0 amide bonds. The van der Waals surface area contributed by atoms with Crippen molar-refractivity contribution in [3.63, 3.8) is 0 Å². The molecule has 0 aliphatic carbocycles. The Bertz CT molecular complexity index is 1140. The van der Waals surface area contributed by atoms with Crippen LogP contribution in [0.15, 0.2) is 0 Å².